The van der Waals surface area contributed by atoms with Crippen LogP contribution in [0.25, 0.3) is 0 Å². The smallest absolute Gasteiger partial charge is 0.120 e. The highest BCUT2D eigenvalue weighted by atomic mass is 16.3. The monoisotopic (exact) mass is 234 g/mol. The van der Waals surface area contributed by atoms with E-state index in [4.69, 9.17) is 0 Å². The van der Waals surface area contributed by atoms with E-state index in [1.54, 1.807) is 6.07 Å². The van der Waals surface area contributed by atoms with Crippen molar-refractivity contribution in [3.05, 3.63) is 29.8 Å². The van der Waals surface area contributed by atoms with Gasteiger partial charge in [-0.1, -0.05) is 18.2 Å². The fourth-order valence-corrected chi connectivity index (χ4v) is 2.56. The minimum absolute atomic E-state index is 0.251. The minimum Gasteiger partial charge on any atom is -0.508 e. The van der Waals surface area contributed by atoms with Crippen molar-refractivity contribution in [1.29, 1.82) is 0 Å². The summed E-state index contributed by atoms with van der Waals surface area (Å²) in [6.07, 6.45) is 2.48. The molecule has 0 radical (unpaired) electrons. The molecule has 1 aliphatic heterocycles. The minimum atomic E-state index is 0.251. The molecule has 94 valence electrons. The molecular weight excluding hydrogens is 212 g/mol. The lowest BCUT2D eigenvalue weighted by molar-refractivity contribution is 0.154. The van der Waals surface area contributed by atoms with E-state index >= 15 is 0 Å². The molecule has 3 nitrogen and oxygen atoms in total. The highest BCUT2D eigenvalue weighted by molar-refractivity contribution is 5.34. The van der Waals surface area contributed by atoms with Crippen molar-refractivity contribution in [3.63, 3.8) is 0 Å². The lowest BCUT2D eigenvalue weighted by Gasteiger charge is -2.36. The number of hydrogen-bond acceptors (Lipinski definition) is 3. The Morgan fingerprint density at radius 1 is 1.41 bits per heavy atom. The quantitative estimate of drug-likeness (QED) is 0.841. The fraction of sp³-hybridized carbons (Fsp3) is 0.571. The zero-order valence-electron chi connectivity index (χ0n) is 10.7. The number of phenolic OH excluding ortho intramolecular Hbond substituents is 1. The van der Waals surface area contributed by atoms with Crippen LogP contribution in [0.2, 0.25) is 0 Å². The Morgan fingerprint density at radius 3 is 2.82 bits per heavy atom. The lowest BCUT2D eigenvalue weighted by atomic mass is 10.0. The van der Waals surface area contributed by atoms with Crippen molar-refractivity contribution < 1.29 is 5.11 Å². The van der Waals surface area contributed by atoms with Gasteiger partial charge >= 0.3 is 0 Å². The van der Waals surface area contributed by atoms with Crippen LogP contribution in [0.3, 0.4) is 0 Å². The van der Waals surface area contributed by atoms with E-state index in [0.717, 1.165) is 18.7 Å². The Bertz CT molecular complexity index is 361. The summed E-state index contributed by atoms with van der Waals surface area (Å²) in [7, 11) is 2.15. The predicted molar refractivity (Wildman–Crippen MR) is 70.2 cm³/mol. The van der Waals surface area contributed by atoms with Gasteiger partial charge in [-0.25, -0.2) is 0 Å². The molecule has 0 bridgehead atoms. The summed E-state index contributed by atoms with van der Waals surface area (Å²) in [4.78, 5) is 2.36. The normalized spacial score (nSPS) is 22.6. The molecule has 1 aromatic carbocycles. The molecule has 0 aliphatic carbocycles. The third-order valence-electron chi connectivity index (χ3n) is 3.84. The van der Waals surface area contributed by atoms with Gasteiger partial charge in [0.2, 0.25) is 0 Å². The molecule has 1 aliphatic rings. The number of aromatic hydroxyl groups is 1. The summed E-state index contributed by atoms with van der Waals surface area (Å²) in [6, 6.07) is 8.44. The number of benzene rings is 1. The molecule has 2 rings (SSSR count). The largest absolute Gasteiger partial charge is 0.508 e. The van der Waals surface area contributed by atoms with E-state index in [0.29, 0.717) is 11.8 Å². The van der Waals surface area contributed by atoms with Crippen LogP contribution >= 0.6 is 0 Å². The average Bonchev–Trinajstić information content (AvgIpc) is 2.39. The second kappa shape index (κ2) is 5.52. The van der Waals surface area contributed by atoms with Gasteiger partial charge in [0.15, 0.2) is 0 Å². The molecule has 1 saturated heterocycles. The van der Waals surface area contributed by atoms with E-state index in [1.165, 1.54) is 12.8 Å². The second-order valence-electron chi connectivity index (χ2n) is 4.90. The zero-order chi connectivity index (χ0) is 12.3. The molecular formula is C14H22N2O. The predicted octanol–water partition coefficient (Wildman–Crippen LogP) is 2.14. The Hall–Kier alpha value is -1.06. The molecule has 3 heteroatoms. The van der Waals surface area contributed by atoms with E-state index in [1.807, 2.05) is 18.2 Å². The van der Waals surface area contributed by atoms with Gasteiger partial charge in [-0.3, -0.25) is 4.90 Å². The number of hydrogen-bond donors (Lipinski definition) is 2. The Balaban J connectivity index is 2.08. The van der Waals surface area contributed by atoms with E-state index < -0.39 is 0 Å². The number of nitrogens with zero attached hydrogens (tertiary/aromatic N) is 1. The van der Waals surface area contributed by atoms with Gasteiger partial charge in [-0.2, -0.15) is 0 Å². The van der Waals surface area contributed by atoms with Gasteiger partial charge < -0.3 is 10.4 Å². The van der Waals surface area contributed by atoms with Crippen LogP contribution in [0.5, 0.6) is 5.75 Å². The van der Waals surface area contributed by atoms with Crippen LogP contribution in [-0.4, -0.2) is 36.2 Å². The van der Waals surface area contributed by atoms with Gasteiger partial charge in [0.05, 0.1) is 0 Å². The molecule has 1 aromatic rings. The molecule has 2 N–H and O–H groups in total. The van der Waals surface area contributed by atoms with E-state index in [2.05, 4.69) is 24.2 Å². The molecule has 1 heterocycles. The van der Waals surface area contributed by atoms with Crippen LogP contribution < -0.4 is 5.32 Å². The molecule has 0 amide bonds. The van der Waals surface area contributed by atoms with Crippen LogP contribution in [-0.2, 0) is 0 Å². The first-order chi connectivity index (χ1) is 8.20. The first-order valence-corrected chi connectivity index (χ1v) is 6.40. The van der Waals surface area contributed by atoms with Gasteiger partial charge in [-0.05, 0) is 39.4 Å². The molecule has 2 atom stereocenters. The number of phenols is 1. The van der Waals surface area contributed by atoms with Gasteiger partial charge in [-0.15, -0.1) is 0 Å². The number of likely N-dealkylation sites (N-methyl/N-ethyl adjacent to an activating group) is 1. The zero-order valence-corrected chi connectivity index (χ0v) is 10.7. The highest BCUT2D eigenvalue weighted by Crippen LogP contribution is 2.29. The Kier molecular flexibility index (Phi) is 4.02. The molecule has 1 fully saturated rings. The number of rotatable bonds is 3. The summed E-state index contributed by atoms with van der Waals surface area (Å²) >= 11 is 0. The highest BCUT2D eigenvalue weighted by Gasteiger charge is 2.23. The average molecular weight is 234 g/mol. The Labute approximate surface area is 103 Å². The summed E-state index contributed by atoms with van der Waals surface area (Å²) in [5.41, 5.74) is 1.01. The SMILES string of the molecule is CC(c1ccccc1O)N(C)C1CCCNC1. The summed E-state index contributed by atoms with van der Waals surface area (Å²) < 4.78 is 0. The Morgan fingerprint density at radius 2 is 2.18 bits per heavy atom. The van der Waals surface area contributed by atoms with Crippen LogP contribution in [0.4, 0.5) is 0 Å². The van der Waals surface area contributed by atoms with Gasteiger partial charge in [0.1, 0.15) is 5.75 Å². The summed E-state index contributed by atoms with van der Waals surface area (Å²) in [6.45, 7) is 4.34. The van der Waals surface area contributed by atoms with Crippen LogP contribution in [0, 0.1) is 0 Å². The first kappa shape index (κ1) is 12.4. The molecule has 0 saturated carbocycles. The van der Waals surface area contributed by atoms with Crippen LogP contribution in [0.15, 0.2) is 24.3 Å². The number of piperidine rings is 1. The third-order valence-corrected chi connectivity index (χ3v) is 3.84. The topological polar surface area (TPSA) is 35.5 Å². The van der Waals surface area contributed by atoms with Crippen molar-refractivity contribution in [1.82, 2.24) is 10.2 Å². The van der Waals surface area contributed by atoms with Crippen molar-refractivity contribution >= 4 is 0 Å². The van der Waals surface area contributed by atoms with Crippen LogP contribution in [0.1, 0.15) is 31.4 Å². The van der Waals surface area contributed by atoms with Crippen molar-refractivity contribution in [3.8, 4) is 5.75 Å². The standard InChI is InChI=1S/C14H22N2O/c1-11(13-7-3-4-8-14(13)17)16(2)12-6-5-9-15-10-12/h3-4,7-8,11-12,15,17H,5-6,9-10H2,1-2H3. The van der Waals surface area contributed by atoms with Crippen molar-refractivity contribution in [2.24, 2.45) is 0 Å². The lowest BCUT2D eigenvalue weighted by Crippen LogP contribution is -2.45. The third kappa shape index (κ3) is 2.79. The van der Waals surface area contributed by atoms with E-state index in [9.17, 15) is 5.11 Å². The van der Waals surface area contributed by atoms with Gasteiger partial charge in [0.25, 0.3) is 0 Å². The maximum Gasteiger partial charge on any atom is 0.120 e. The maximum absolute atomic E-state index is 9.89. The fourth-order valence-electron chi connectivity index (χ4n) is 2.56. The maximum atomic E-state index is 9.89. The number of nitrogens with one attached hydrogen (secondary N) is 1. The molecule has 2 unspecified atom stereocenters. The van der Waals surface area contributed by atoms with Crippen molar-refractivity contribution in [2.45, 2.75) is 31.8 Å². The molecule has 17 heavy (non-hydrogen) atoms. The molecule has 0 spiro atoms. The number of para-hydroxylation sites is 1. The molecule has 0 aromatic heterocycles. The summed E-state index contributed by atoms with van der Waals surface area (Å²) in [5, 5.41) is 13.3. The first-order valence-electron chi connectivity index (χ1n) is 6.40. The summed E-state index contributed by atoms with van der Waals surface area (Å²) in [5.74, 6) is 0.399. The van der Waals surface area contributed by atoms with Crippen molar-refractivity contribution in [2.75, 3.05) is 20.1 Å². The van der Waals surface area contributed by atoms with Gasteiger partial charge in [0, 0.05) is 24.2 Å². The van der Waals surface area contributed by atoms with E-state index in [-0.39, 0.29) is 6.04 Å². The second-order valence-corrected chi connectivity index (χ2v) is 4.90.